The van der Waals surface area contributed by atoms with Gasteiger partial charge in [0, 0.05) is 11.3 Å². The van der Waals surface area contributed by atoms with Gasteiger partial charge in [0.2, 0.25) is 0 Å². The number of carbonyl (C=O) groups is 2. The van der Waals surface area contributed by atoms with Crippen LogP contribution in [0.2, 0.25) is 10.0 Å². The number of aliphatic hydroxyl groups excluding tert-OH is 1. The smallest absolute Gasteiger partial charge is 0.416 e. The highest BCUT2D eigenvalue weighted by Crippen LogP contribution is 2.43. The minimum atomic E-state index is -4.59. The Bertz CT molecular complexity index is 1320. The van der Waals surface area contributed by atoms with Gasteiger partial charge in [-0.05, 0) is 60.2 Å². The van der Waals surface area contributed by atoms with Crippen LogP contribution in [0.4, 0.5) is 18.9 Å². The molecule has 174 valence electrons. The molecule has 1 atom stereocenters. The third kappa shape index (κ3) is 4.22. The Kier molecular flexibility index (Phi) is 6.05. The molecule has 4 rings (SSSR count). The van der Waals surface area contributed by atoms with E-state index in [4.69, 9.17) is 23.2 Å². The molecule has 2 N–H and O–H groups in total. The summed E-state index contributed by atoms with van der Waals surface area (Å²) in [4.78, 5) is 27.1. The number of nitrogens with zero attached hydrogens (tertiary/aromatic N) is 1. The van der Waals surface area contributed by atoms with Crippen LogP contribution in [-0.2, 0) is 15.8 Å². The first kappa shape index (κ1) is 23.7. The predicted octanol–water partition coefficient (Wildman–Crippen LogP) is 6.34. The standard InChI is InChI=1S/C24H14Cl2F3NO4/c25-17-10-3-13(11-18(17)26)21(32)19-20(12-1-8-16(31)9-2-12)30(23(34)22(19)33)15-6-4-14(5-7-15)24(27,28)29/h1-11,20,31-32H/b21-19-. The molecule has 1 aliphatic rings. The lowest BCUT2D eigenvalue weighted by Crippen LogP contribution is -2.29. The van der Waals surface area contributed by atoms with E-state index in [0.29, 0.717) is 5.56 Å². The van der Waals surface area contributed by atoms with E-state index in [2.05, 4.69) is 0 Å². The number of rotatable bonds is 3. The Morgan fingerprint density at radius 3 is 2.06 bits per heavy atom. The quantitative estimate of drug-likeness (QED) is 0.246. The van der Waals surface area contributed by atoms with E-state index in [-0.39, 0.29) is 32.6 Å². The molecule has 0 bridgehead atoms. The summed E-state index contributed by atoms with van der Waals surface area (Å²) in [7, 11) is 0. The van der Waals surface area contributed by atoms with Crippen molar-refractivity contribution in [3.8, 4) is 5.75 Å². The normalized spacial score (nSPS) is 17.9. The number of halogens is 5. The van der Waals surface area contributed by atoms with Gasteiger partial charge in [-0.15, -0.1) is 0 Å². The molecule has 1 unspecified atom stereocenters. The van der Waals surface area contributed by atoms with Crippen LogP contribution in [0.25, 0.3) is 5.76 Å². The number of phenols is 1. The number of aromatic hydroxyl groups is 1. The molecule has 0 aromatic heterocycles. The van der Waals surface area contributed by atoms with Gasteiger partial charge in [0.1, 0.15) is 11.5 Å². The molecule has 3 aromatic carbocycles. The van der Waals surface area contributed by atoms with E-state index < -0.39 is 35.2 Å². The molecule has 1 fully saturated rings. The molecule has 1 aliphatic heterocycles. The summed E-state index contributed by atoms with van der Waals surface area (Å²) < 4.78 is 39.0. The second-order valence-corrected chi connectivity index (χ2v) is 8.25. The van der Waals surface area contributed by atoms with Crippen LogP contribution >= 0.6 is 23.2 Å². The number of Topliss-reactive ketones (excluding diaryl/α,β-unsaturated/α-hetero) is 1. The molecular weight excluding hydrogens is 494 g/mol. The summed E-state index contributed by atoms with van der Waals surface area (Å²) in [6, 6.07) is 12.2. The number of hydrogen-bond donors (Lipinski definition) is 2. The molecule has 3 aromatic rings. The Morgan fingerprint density at radius 1 is 0.882 bits per heavy atom. The summed E-state index contributed by atoms with van der Waals surface area (Å²) in [6.07, 6.45) is -4.59. The Balaban J connectivity index is 1.91. The highest BCUT2D eigenvalue weighted by Gasteiger charge is 2.47. The Hall–Kier alpha value is -3.49. The summed E-state index contributed by atoms with van der Waals surface area (Å²) >= 11 is 12.0. The number of ketones is 1. The number of aliphatic hydroxyl groups is 1. The highest BCUT2D eigenvalue weighted by molar-refractivity contribution is 6.51. The zero-order chi connectivity index (χ0) is 24.8. The molecule has 1 saturated heterocycles. The van der Waals surface area contributed by atoms with Gasteiger partial charge in [-0.3, -0.25) is 14.5 Å². The van der Waals surface area contributed by atoms with Crippen molar-refractivity contribution >= 4 is 46.3 Å². The average molecular weight is 508 g/mol. The van der Waals surface area contributed by atoms with Gasteiger partial charge in [0.05, 0.1) is 27.2 Å². The van der Waals surface area contributed by atoms with Crippen LogP contribution in [0.5, 0.6) is 5.75 Å². The van der Waals surface area contributed by atoms with Gasteiger partial charge in [0.15, 0.2) is 0 Å². The van der Waals surface area contributed by atoms with E-state index >= 15 is 0 Å². The third-order valence-electron chi connectivity index (χ3n) is 5.32. The first-order chi connectivity index (χ1) is 16.0. The first-order valence-corrected chi connectivity index (χ1v) is 10.5. The van der Waals surface area contributed by atoms with Gasteiger partial charge in [-0.2, -0.15) is 13.2 Å². The molecule has 0 aliphatic carbocycles. The van der Waals surface area contributed by atoms with Gasteiger partial charge in [-0.25, -0.2) is 0 Å². The number of benzene rings is 3. The van der Waals surface area contributed by atoms with Crippen molar-refractivity contribution in [2.45, 2.75) is 12.2 Å². The van der Waals surface area contributed by atoms with Crippen molar-refractivity contribution in [2.75, 3.05) is 4.90 Å². The topological polar surface area (TPSA) is 77.8 Å². The molecule has 0 saturated carbocycles. The van der Waals surface area contributed by atoms with Gasteiger partial charge in [-0.1, -0.05) is 35.3 Å². The number of alkyl halides is 3. The number of anilines is 1. The van der Waals surface area contributed by atoms with Gasteiger partial charge < -0.3 is 10.2 Å². The lowest BCUT2D eigenvalue weighted by molar-refractivity contribution is -0.137. The first-order valence-electron chi connectivity index (χ1n) is 9.71. The van der Waals surface area contributed by atoms with Crippen molar-refractivity contribution < 1.29 is 33.0 Å². The summed E-state index contributed by atoms with van der Waals surface area (Å²) in [5.74, 6) is -2.70. The summed E-state index contributed by atoms with van der Waals surface area (Å²) in [6.45, 7) is 0. The fraction of sp³-hybridized carbons (Fsp3) is 0.0833. The largest absolute Gasteiger partial charge is 0.508 e. The molecule has 1 amide bonds. The monoisotopic (exact) mass is 507 g/mol. The van der Waals surface area contributed by atoms with Crippen molar-refractivity contribution in [2.24, 2.45) is 0 Å². The fourth-order valence-electron chi connectivity index (χ4n) is 3.68. The third-order valence-corrected chi connectivity index (χ3v) is 6.06. The molecular formula is C24H14Cl2F3NO4. The minimum Gasteiger partial charge on any atom is -0.508 e. The summed E-state index contributed by atoms with van der Waals surface area (Å²) in [5, 5.41) is 21.0. The van der Waals surface area contributed by atoms with E-state index in [0.717, 1.165) is 29.2 Å². The lowest BCUT2D eigenvalue weighted by atomic mass is 9.95. The molecule has 34 heavy (non-hydrogen) atoms. The molecule has 0 radical (unpaired) electrons. The second-order valence-electron chi connectivity index (χ2n) is 7.43. The number of phenolic OH excluding ortho intramolecular Hbond substituents is 1. The molecule has 0 spiro atoms. The van der Waals surface area contributed by atoms with Crippen molar-refractivity contribution in [1.82, 2.24) is 0 Å². The Labute approximate surface area is 201 Å². The van der Waals surface area contributed by atoms with Gasteiger partial charge in [0.25, 0.3) is 11.7 Å². The maximum atomic E-state index is 13.0. The van der Waals surface area contributed by atoms with Crippen LogP contribution in [0, 0.1) is 0 Å². The van der Waals surface area contributed by atoms with E-state index in [1.807, 2.05) is 0 Å². The maximum absolute atomic E-state index is 13.0. The molecule has 10 heteroatoms. The molecule has 5 nitrogen and oxygen atoms in total. The molecule has 1 heterocycles. The van der Waals surface area contributed by atoms with Gasteiger partial charge >= 0.3 is 6.18 Å². The lowest BCUT2D eigenvalue weighted by Gasteiger charge is -2.25. The van der Waals surface area contributed by atoms with Crippen LogP contribution in [0.15, 0.2) is 72.3 Å². The van der Waals surface area contributed by atoms with E-state index in [1.165, 1.54) is 42.5 Å². The average Bonchev–Trinajstić information content (AvgIpc) is 3.06. The predicted molar refractivity (Wildman–Crippen MR) is 121 cm³/mol. The van der Waals surface area contributed by atoms with E-state index in [1.54, 1.807) is 0 Å². The zero-order valence-corrected chi connectivity index (χ0v) is 18.5. The minimum absolute atomic E-state index is 0.0152. The fourth-order valence-corrected chi connectivity index (χ4v) is 3.98. The zero-order valence-electron chi connectivity index (χ0n) is 17.0. The maximum Gasteiger partial charge on any atom is 0.416 e. The SMILES string of the molecule is O=C1C(=O)N(c2ccc(C(F)(F)F)cc2)C(c2ccc(O)cc2)/C1=C(/O)c1ccc(Cl)c(Cl)c1. The second kappa shape index (κ2) is 8.70. The summed E-state index contributed by atoms with van der Waals surface area (Å²) in [5.41, 5.74) is -0.762. The van der Waals surface area contributed by atoms with Crippen molar-refractivity contribution in [3.05, 3.63) is 99.0 Å². The van der Waals surface area contributed by atoms with Crippen molar-refractivity contribution in [1.29, 1.82) is 0 Å². The number of amides is 1. The van der Waals surface area contributed by atoms with Crippen LogP contribution in [0.3, 0.4) is 0 Å². The van der Waals surface area contributed by atoms with Crippen molar-refractivity contribution in [3.63, 3.8) is 0 Å². The highest BCUT2D eigenvalue weighted by atomic mass is 35.5. The van der Waals surface area contributed by atoms with Crippen LogP contribution in [0.1, 0.15) is 22.7 Å². The van der Waals surface area contributed by atoms with Crippen LogP contribution < -0.4 is 4.90 Å². The Morgan fingerprint density at radius 2 is 1.50 bits per heavy atom. The number of hydrogen-bond acceptors (Lipinski definition) is 4. The van der Waals surface area contributed by atoms with Crippen LogP contribution in [-0.4, -0.2) is 21.9 Å². The van der Waals surface area contributed by atoms with E-state index in [9.17, 15) is 33.0 Å². The number of carbonyl (C=O) groups excluding carboxylic acids is 2.